The summed E-state index contributed by atoms with van der Waals surface area (Å²) in [5, 5.41) is 7.98. The second-order valence-corrected chi connectivity index (χ2v) is 12.6. The van der Waals surface area contributed by atoms with Crippen LogP contribution >= 0.6 is 15.9 Å². The zero-order chi connectivity index (χ0) is 34.5. The number of nitrogens with zero attached hydrogens (tertiary/aromatic N) is 2. The molecule has 0 spiro atoms. The van der Waals surface area contributed by atoms with Crippen LogP contribution in [0.15, 0.2) is 64.1 Å². The number of allylic oxidation sites excluding steroid dienone is 1. The number of benzene rings is 2. The van der Waals surface area contributed by atoms with E-state index in [0.29, 0.717) is 23.4 Å². The molecule has 1 N–H and O–H groups in total. The Labute approximate surface area is 311 Å². The van der Waals surface area contributed by atoms with Gasteiger partial charge in [0, 0.05) is 28.2 Å². The molecule has 7 heteroatoms. The third-order valence-corrected chi connectivity index (χ3v) is 7.89. The number of aldehydes is 1. The molecule has 0 aliphatic carbocycles. The van der Waals surface area contributed by atoms with Gasteiger partial charge in [-0.25, -0.2) is 0 Å². The Hall–Kier alpha value is -1.96. The molecule has 1 unspecified atom stereocenters. The molecule has 2 aromatic carbocycles. The Morgan fingerprint density at radius 1 is 1.11 bits per heavy atom. The molecule has 3 rings (SSSR count). The van der Waals surface area contributed by atoms with E-state index in [2.05, 4.69) is 105 Å². The third-order valence-electron chi connectivity index (χ3n) is 7.20. The Balaban J connectivity index is 0. The normalized spacial score (nSPS) is 14.1. The van der Waals surface area contributed by atoms with E-state index in [-0.39, 0.29) is 41.3 Å². The van der Waals surface area contributed by atoms with Crippen LogP contribution in [0.4, 0.5) is 5.69 Å². The van der Waals surface area contributed by atoms with E-state index < -0.39 is 0 Å². The van der Waals surface area contributed by atoms with Crippen LogP contribution < -0.4 is 29.6 Å². The van der Waals surface area contributed by atoms with E-state index in [0.717, 1.165) is 65.5 Å². The number of aliphatic imine (C=N–C) groups is 1. The summed E-state index contributed by atoms with van der Waals surface area (Å²) in [7, 11) is 2.15. The summed E-state index contributed by atoms with van der Waals surface area (Å²) in [6, 6.07) is 15.2. The minimum absolute atomic E-state index is 0. The van der Waals surface area contributed by atoms with Crippen molar-refractivity contribution in [2.75, 3.05) is 13.6 Å². The maximum Gasteiger partial charge on any atom is 1.00 e. The number of halogens is 1. The Morgan fingerprint density at radius 2 is 1.72 bits per heavy atom. The van der Waals surface area contributed by atoms with Crippen LogP contribution in [0.3, 0.4) is 0 Å². The zero-order valence-corrected chi connectivity index (χ0v) is 33.9. The van der Waals surface area contributed by atoms with Crippen LogP contribution in [0.2, 0.25) is 0 Å². The summed E-state index contributed by atoms with van der Waals surface area (Å²) >= 11 is 3.49. The molecule has 1 heterocycles. The van der Waals surface area contributed by atoms with Crippen LogP contribution in [0.1, 0.15) is 121 Å². The van der Waals surface area contributed by atoms with E-state index in [1.807, 2.05) is 39.0 Å². The molecule has 1 aliphatic heterocycles. The largest absolute Gasteiger partial charge is 1.00 e. The first kappa shape index (κ1) is 46.2. The van der Waals surface area contributed by atoms with Gasteiger partial charge in [-0.3, -0.25) is 20.7 Å². The molecular weight excluding hydrogens is 645 g/mol. The van der Waals surface area contributed by atoms with Gasteiger partial charge in [-0.1, -0.05) is 97.2 Å². The van der Waals surface area contributed by atoms with Gasteiger partial charge in [-0.15, -0.1) is 5.71 Å². The SMILES string of the molecule is C=CC(=O)C(C)C.CC(C)c1cc[c-]cc1.CC=Nc1c(C=O)ccc(Br)c1C(C)C.CCCC(=N)C1=[C-]CCN(C)C1CC.[Na+]. The molecule has 248 valence electrons. The topological polar surface area (TPSA) is 73.6 Å². The fourth-order valence-electron chi connectivity index (χ4n) is 4.61. The number of carbonyl (C=O) groups is 2. The Kier molecular flexibility index (Phi) is 26.1. The first-order chi connectivity index (χ1) is 21.3. The van der Waals surface area contributed by atoms with Crippen LogP contribution in [0.25, 0.3) is 0 Å². The van der Waals surface area contributed by atoms with Gasteiger partial charge in [0.05, 0.1) is 5.69 Å². The van der Waals surface area contributed by atoms with Gasteiger partial charge in [-0.2, -0.15) is 41.5 Å². The fraction of sp³-hybridized carbons (Fsp3) is 0.487. The van der Waals surface area contributed by atoms with Crippen molar-refractivity contribution in [2.24, 2.45) is 10.9 Å². The van der Waals surface area contributed by atoms with Crippen molar-refractivity contribution in [1.29, 1.82) is 5.41 Å². The molecule has 0 bridgehead atoms. The van der Waals surface area contributed by atoms with Crippen LogP contribution in [0, 0.1) is 23.5 Å². The molecule has 0 saturated carbocycles. The molecule has 1 aliphatic rings. The third kappa shape index (κ3) is 16.7. The van der Waals surface area contributed by atoms with Crippen LogP contribution in [0.5, 0.6) is 0 Å². The molecule has 2 aromatic rings. The van der Waals surface area contributed by atoms with Gasteiger partial charge >= 0.3 is 29.6 Å². The van der Waals surface area contributed by atoms with Crippen LogP contribution in [-0.4, -0.2) is 48.5 Å². The van der Waals surface area contributed by atoms with Crippen molar-refractivity contribution in [2.45, 2.75) is 106 Å². The van der Waals surface area contributed by atoms with Crippen molar-refractivity contribution < 1.29 is 39.1 Å². The minimum atomic E-state index is 0. The van der Waals surface area contributed by atoms with Gasteiger partial charge in [0.25, 0.3) is 0 Å². The van der Waals surface area contributed by atoms with E-state index in [1.54, 1.807) is 12.3 Å². The summed E-state index contributed by atoms with van der Waals surface area (Å²) in [6.07, 6.45) is 11.3. The number of nitrogens with one attached hydrogen (secondary N) is 1. The average molecular weight is 702 g/mol. The average Bonchev–Trinajstić information content (AvgIpc) is 3.02. The van der Waals surface area contributed by atoms with Gasteiger partial charge in [0.1, 0.15) is 0 Å². The molecule has 46 heavy (non-hydrogen) atoms. The summed E-state index contributed by atoms with van der Waals surface area (Å²) < 4.78 is 1.00. The fourth-order valence-corrected chi connectivity index (χ4v) is 5.39. The number of likely N-dealkylation sites (N-methyl/N-ethyl adjacent to an activating group) is 1. The summed E-state index contributed by atoms with van der Waals surface area (Å²) in [5.74, 6) is 1.19. The maximum atomic E-state index is 10.9. The first-order valence-electron chi connectivity index (χ1n) is 16.1. The first-order valence-corrected chi connectivity index (χ1v) is 16.9. The zero-order valence-electron chi connectivity index (χ0n) is 30.3. The second-order valence-electron chi connectivity index (χ2n) is 11.8. The predicted octanol–water partition coefficient (Wildman–Crippen LogP) is 7.77. The maximum absolute atomic E-state index is 10.9. The van der Waals surface area contributed by atoms with Gasteiger partial charge < -0.3 is 10.3 Å². The number of rotatable bonds is 10. The molecular formula is C39H56BrN3NaO2-. The molecule has 0 saturated heterocycles. The molecule has 1 atom stereocenters. The quantitative estimate of drug-likeness (QED) is 0.0905. The molecule has 5 nitrogen and oxygen atoms in total. The molecule has 0 radical (unpaired) electrons. The van der Waals surface area contributed by atoms with Crippen molar-refractivity contribution >= 4 is 45.6 Å². The van der Waals surface area contributed by atoms with Gasteiger partial charge in [0.15, 0.2) is 12.1 Å². The van der Waals surface area contributed by atoms with E-state index >= 15 is 0 Å². The number of hydrogen-bond acceptors (Lipinski definition) is 5. The second kappa shape index (κ2) is 26.0. The number of hydrogen-bond donors (Lipinski definition) is 1. The summed E-state index contributed by atoms with van der Waals surface area (Å²) in [4.78, 5) is 27.9. The van der Waals surface area contributed by atoms with Crippen molar-refractivity contribution in [1.82, 2.24) is 4.90 Å². The van der Waals surface area contributed by atoms with Gasteiger partial charge in [0.2, 0.25) is 0 Å². The Morgan fingerprint density at radius 3 is 2.11 bits per heavy atom. The predicted molar refractivity (Wildman–Crippen MR) is 198 cm³/mol. The smallest absolute Gasteiger partial charge is 0.399 e. The molecule has 0 aromatic heterocycles. The summed E-state index contributed by atoms with van der Waals surface area (Å²) in [5.41, 5.74) is 5.83. The van der Waals surface area contributed by atoms with E-state index in [9.17, 15) is 9.59 Å². The Bertz CT molecular complexity index is 1250. The van der Waals surface area contributed by atoms with Crippen LogP contribution in [-0.2, 0) is 4.79 Å². The van der Waals surface area contributed by atoms with E-state index in [1.165, 1.54) is 11.6 Å². The van der Waals surface area contributed by atoms with Crippen molar-refractivity contribution in [3.63, 3.8) is 0 Å². The summed E-state index contributed by atoms with van der Waals surface area (Å²) in [6.45, 7) is 22.8. The van der Waals surface area contributed by atoms with Crippen molar-refractivity contribution in [3.8, 4) is 0 Å². The minimum Gasteiger partial charge on any atom is -0.399 e. The standard InChI is InChI=1S/C12H14BrNO.C12H21N2.C9H11.C6H10O.Na/c1-4-14-12-9(7-15)5-6-10(13)11(12)8(2)3;1-4-7-11(13)10-8-6-9-14(3)12(10)5-2;1-8(2)9-6-4-3-5-7-9;1-4-6(7)5(2)3;/h4-8H,1-3H3;12-13H,4-7,9H2,1-3H3;4-8H,1-2H3;4-5H,1H2,2-3H3;/q;2*-1;;+1. The van der Waals surface area contributed by atoms with Crippen molar-refractivity contribution in [3.05, 3.63) is 87.9 Å². The van der Waals surface area contributed by atoms with E-state index in [4.69, 9.17) is 5.41 Å². The number of ketones is 1. The van der Waals surface area contributed by atoms with Gasteiger partial charge in [-0.05, 0) is 62.5 Å². The monoisotopic (exact) mass is 700 g/mol. The molecule has 0 amide bonds. The molecule has 0 fully saturated rings. The number of carbonyl (C=O) groups excluding carboxylic acids is 2.